The number of benzene rings is 3. The first-order valence-electron chi connectivity index (χ1n) is 11.4. The molecule has 0 bridgehead atoms. The van der Waals surface area contributed by atoms with Gasteiger partial charge in [-0.1, -0.05) is 26.0 Å². The number of fused-ring (bicyclic) bond motifs is 1. The first-order chi connectivity index (χ1) is 16.9. The zero-order chi connectivity index (χ0) is 24.9. The molecule has 1 amide bonds. The third kappa shape index (κ3) is 5.89. The molecule has 8 heteroatoms. The maximum absolute atomic E-state index is 12.6. The largest absolute Gasteiger partial charge is 0.493 e. The number of oxazole rings is 1. The number of hydrogen-bond acceptors (Lipinski definition) is 5. The summed E-state index contributed by atoms with van der Waals surface area (Å²) >= 11 is 8.78. The van der Waals surface area contributed by atoms with E-state index in [9.17, 15) is 4.79 Å². The van der Waals surface area contributed by atoms with Crippen molar-refractivity contribution in [2.45, 2.75) is 33.1 Å². The Hall–Kier alpha value is -3.23. The second kappa shape index (κ2) is 11.0. The highest BCUT2D eigenvalue weighted by molar-refractivity contribution is 9.10. The number of halogens is 1. The topological polar surface area (TPSA) is 76.4 Å². The molecule has 6 nitrogen and oxygen atoms in total. The van der Waals surface area contributed by atoms with Crippen LogP contribution in [-0.4, -0.2) is 22.6 Å². The Labute approximate surface area is 218 Å². The van der Waals surface area contributed by atoms with Gasteiger partial charge in [0.05, 0.1) is 11.1 Å². The Bertz CT molecular complexity index is 1390. The smallest absolute Gasteiger partial charge is 0.257 e. The van der Waals surface area contributed by atoms with E-state index >= 15 is 0 Å². The Kier molecular flexibility index (Phi) is 7.83. The summed E-state index contributed by atoms with van der Waals surface area (Å²) < 4.78 is 12.2. The van der Waals surface area contributed by atoms with Gasteiger partial charge in [-0.3, -0.25) is 10.1 Å². The molecule has 1 heterocycles. The fourth-order valence-electron chi connectivity index (χ4n) is 3.59. The quantitative estimate of drug-likeness (QED) is 0.235. The number of nitrogens with one attached hydrogen (secondary N) is 2. The Morgan fingerprint density at radius 3 is 2.71 bits per heavy atom. The van der Waals surface area contributed by atoms with Crippen molar-refractivity contribution in [3.8, 4) is 17.2 Å². The standard InChI is InChI=1S/C27H26BrN3O3S/c1-4-16(3)17-9-12-24-22(15-17)30-26(34-24)19-7-6-8-20(13-19)29-27(35)31-25(32)18-10-11-23(33-5-2)21(28)14-18/h6-16H,4-5H2,1-3H3,(H2,29,31,32,35)/t16-/m0/s1. The van der Waals surface area contributed by atoms with Gasteiger partial charge < -0.3 is 14.5 Å². The average molecular weight is 552 g/mol. The lowest BCUT2D eigenvalue weighted by atomic mass is 9.98. The molecule has 0 unspecified atom stereocenters. The molecule has 0 aliphatic heterocycles. The Morgan fingerprint density at radius 2 is 1.97 bits per heavy atom. The van der Waals surface area contributed by atoms with Crippen LogP contribution in [-0.2, 0) is 0 Å². The number of amides is 1. The predicted molar refractivity (Wildman–Crippen MR) is 147 cm³/mol. The minimum Gasteiger partial charge on any atom is -0.493 e. The lowest BCUT2D eigenvalue weighted by Gasteiger charge is -2.11. The van der Waals surface area contributed by atoms with Gasteiger partial charge in [0.1, 0.15) is 11.3 Å². The van der Waals surface area contributed by atoms with Gasteiger partial charge in [0.25, 0.3) is 5.91 Å². The number of carbonyl (C=O) groups is 1. The van der Waals surface area contributed by atoms with E-state index in [2.05, 4.69) is 57.5 Å². The molecule has 3 aromatic carbocycles. The van der Waals surface area contributed by atoms with Crippen LogP contribution in [0.5, 0.6) is 5.75 Å². The minimum absolute atomic E-state index is 0.188. The van der Waals surface area contributed by atoms with Crippen molar-refractivity contribution in [1.29, 1.82) is 0 Å². The van der Waals surface area contributed by atoms with Crippen LogP contribution in [0.15, 0.2) is 69.6 Å². The maximum Gasteiger partial charge on any atom is 0.257 e. The van der Waals surface area contributed by atoms with Crippen LogP contribution < -0.4 is 15.4 Å². The van der Waals surface area contributed by atoms with E-state index in [1.54, 1.807) is 18.2 Å². The molecule has 0 aliphatic carbocycles. The molecular weight excluding hydrogens is 526 g/mol. The molecule has 180 valence electrons. The van der Waals surface area contributed by atoms with Gasteiger partial charge >= 0.3 is 0 Å². The van der Waals surface area contributed by atoms with Crippen LogP contribution in [0.25, 0.3) is 22.6 Å². The molecule has 2 N–H and O–H groups in total. The van der Waals surface area contributed by atoms with Crippen molar-refractivity contribution in [1.82, 2.24) is 10.3 Å². The van der Waals surface area contributed by atoms with Crippen molar-refractivity contribution >= 4 is 56.0 Å². The summed E-state index contributed by atoms with van der Waals surface area (Å²) in [7, 11) is 0. The van der Waals surface area contributed by atoms with E-state index in [1.165, 1.54) is 5.56 Å². The summed E-state index contributed by atoms with van der Waals surface area (Å²) in [6.07, 6.45) is 1.07. The molecule has 0 aliphatic rings. The van der Waals surface area contributed by atoms with Crippen LogP contribution >= 0.6 is 28.1 Å². The van der Waals surface area contributed by atoms with E-state index in [-0.39, 0.29) is 11.0 Å². The van der Waals surface area contributed by atoms with Gasteiger partial charge in [-0.05, 0) is 102 Å². The monoisotopic (exact) mass is 551 g/mol. The maximum atomic E-state index is 12.6. The third-order valence-electron chi connectivity index (χ3n) is 5.68. The van der Waals surface area contributed by atoms with Gasteiger partial charge in [-0.25, -0.2) is 4.98 Å². The SMILES string of the molecule is CCOc1ccc(C(=O)NC(=S)Nc2cccc(-c3nc4cc([C@@H](C)CC)ccc4o3)c2)cc1Br. The highest BCUT2D eigenvalue weighted by Crippen LogP contribution is 2.29. The van der Waals surface area contributed by atoms with Crippen LogP contribution in [0, 0.1) is 0 Å². The number of nitrogens with zero attached hydrogens (tertiary/aromatic N) is 1. The van der Waals surface area contributed by atoms with Crippen molar-refractivity contribution in [3.63, 3.8) is 0 Å². The predicted octanol–water partition coefficient (Wildman–Crippen LogP) is 7.30. The van der Waals surface area contributed by atoms with Crippen LogP contribution in [0.1, 0.15) is 49.0 Å². The van der Waals surface area contributed by atoms with Crippen molar-refractivity contribution in [3.05, 3.63) is 76.3 Å². The lowest BCUT2D eigenvalue weighted by molar-refractivity contribution is 0.0977. The van der Waals surface area contributed by atoms with Gasteiger partial charge in [-0.2, -0.15) is 0 Å². The zero-order valence-corrected chi connectivity index (χ0v) is 22.1. The van der Waals surface area contributed by atoms with Gasteiger partial charge in [0, 0.05) is 16.8 Å². The minimum atomic E-state index is -0.321. The second-order valence-corrected chi connectivity index (χ2v) is 9.39. The highest BCUT2D eigenvalue weighted by Gasteiger charge is 2.13. The van der Waals surface area contributed by atoms with E-state index in [0.717, 1.165) is 23.1 Å². The average Bonchev–Trinajstić information content (AvgIpc) is 3.28. The first kappa shape index (κ1) is 24.9. The molecule has 0 fully saturated rings. The number of anilines is 1. The van der Waals surface area contributed by atoms with Crippen LogP contribution in [0.4, 0.5) is 5.69 Å². The molecule has 0 radical (unpaired) electrons. The third-order valence-corrected chi connectivity index (χ3v) is 6.51. The van der Waals surface area contributed by atoms with E-state index < -0.39 is 0 Å². The van der Waals surface area contributed by atoms with Gasteiger partial charge in [0.2, 0.25) is 5.89 Å². The summed E-state index contributed by atoms with van der Waals surface area (Å²) in [4.78, 5) is 17.3. The summed E-state index contributed by atoms with van der Waals surface area (Å²) in [5.74, 6) is 1.35. The summed E-state index contributed by atoms with van der Waals surface area (Å²) in [5.41, 5.74) is 4.80. The number of rotatable bonds is 7. The molecule has 35 heavy (non-hydrogen) atoms. The summed E-state index contributed by atoms with van der Waals surface area (Å²) in [6, 6.07) is 18.8. The molecule has 4 rings (SSSR count). The molecule has 1 aromatic heterocycles. The number of aromatic nitrogens is 1. The van der Waals surface area contributed by atoms with Gasteiger partial charge in [0.15, 0.2) is 10.7 Å². The number of hydrogen-bond donors (Lipinski definition) is 2. The molecule has 0 spiro atoms. The lowest BCUT2D eigenvalue weighted by Crippen LogP contribution is -2.34. The van der Waals surface area contributed by atoms with Crippen molar-refractivity contribution in [2.75, 3.05) is 11.9 Å². The van der Waals surface area contributed by atoms with E-state index in [1.807, 2.05) is 37.3 Å². The number of ether oxygens (including phenoxy) is 1. The zero-order valence-electron chi connectivity index (χ0n) is 19.7. The Morgan fingerprint density at radius 1 is 1.14 bits per heavy atom. The van der Waals surface area contributed by atoms with Crippen LogP contribution in [0.3, 0.4) is 0 Å². The first-order valence-corrected chi connectivity index (χ1v) is 12.6. The molecule has 4 aromatic rings. The summed E-state index contributed by atoms with van der Waals surface area (Å²) in [6.45, 7) is 6.82. The Balaban J connectivity index is 1.46. The van der Waals surface area contributed by atoms with E-state index in [0.29, 0.717) is 39.9 Å². The highest BCUT2D eigenvalue weighted by atomic mass is 79.9. The normalized spacial score (nSPS) is 11.8. The van der Waals surface area contributed by atoms with Crippen LogP contribution in [0.2, 0.25) is 0 Å². The molecular formula is C27H26BrN3O3S. The van der Waals surface area contributed by atoms with Gasteiger partial charge in [-0.15, -0.1) is 0 Å². The summed E-state index contributed by atoms with van der Waals surface area (Å²) in [5, 5.41) is 5.95. The molecule has 0 saturated carbocycles. The molecule has 0 saturated heterocycles. The van der Waals surface area contributed by atoms with Crippen molar-refractivity contribution < 1.29 is 13.9 Å². The van der Waals surface area contributed by atoms with Crippen molar-refractivity contribution in [2.24, 2.45) is 0 Å². The second-order valence-electron chi connectivity index (χ2n) is 8.12. The van der Waals surface area contributed by atoms with E-state index in [4.69, 9.17) is 21.4 Å². The number of carbonyl (C=O) groups excluding carboxylic acids is 1. The molecule has 1 atom stereocenters. The fraction of sp³-hybridized carbons (Fsp3) is 0.222. The fourth-order valence-corrected chi connectivity index (χ4v) is 4.30. The number of thiocarbonyl (C=S) groups is 1.